The van der Waals surface area contributed by atoms with E-state index < -0.39 is 6.10 Å². The normalized spacial score (nSPS) is 12.9. The molecule has 5 heteroatoms. The van der Waals surface area contributed by atoms with Crippen LogP contribution < -0.4 is 5.32 Å². The first-order valence-electron chi connectivity index (χ1n) is 5.96. The number of nitrogens with one attached hydrogen (secondary N) is 1. The minimum atomic E-state index is -0.463. The molecule has 1 unspecified atom stereocenters. The molecule has 0 heterocycles. The minimum Gasteiger partial charge on any atom is -0.394 e. The van der Waals surface area contributed by atoms with Crippen LogP contribution in [0.25, 0.3) is 0 Å². The van der Waals surface area contributed by atoms with E-state index in [2.05, 4.69) is 12.2 Å². The van der Waals surface area contributed by atoms with Crippen molar-refractivity contribution in [3.63, 3.8) is 0 Å². The monoisotopic (exact) mass is 235 g/mol. The summed E-state index contributed by atoms with van der Waals surface area (Å²) in [5.41, 5.74) is 0. The lowest BCUT2D eigenvalue weighted by Gasteiger charge is -2.12. The first kappa shape index (κ1) is 15.8. The second kappa shape index (κ2) is 12.9. The maximum Gasteiger partial charge on any atom is 0.0897 e. The summed E-state index contributed by atoms with van der Waals surface area (Å²) in [4.78, 5) is 0. The van der Waals surface area contributed by atoms with Gasteiger partial charge in [-0.1, -0.05) is 13.3 Å². The average Bonchev–Trinajstić information content (AvgIpc) is 2.29. The summed E-state index contributed by atoms with van der Waals surface area (Å²) < 4.78 is 10.3. The van der Waals surface area contributed by atoms with E-state index in [1.165, 1.54) is 0 Å². The predicted molar refractivity (Wildman–Crippen MR) is 62.5 cm³/mol. The third-order valence-corrected chi connectivity index (χ3v) is 1.99. The van der Waals surface area contributed by atoms with Crippen LogP contribution in [0.1, 0.15) is 19.8 Å². The number of aliphatic hydroxyl groups is 2. The molecule has 98 valence electrons. The molecule has 0 aliphatic heterocycles. The Morgan fingerprint density at radius 2 is 2.00 bits per heavy atom. The highest BCUT2D eigenvalue weighted by Gasteiger charge is 2.02. The number of unbranched alkanes of at least 4 members (excludes halogenated alkanes) is 1. The van der Waals surface area contributed by atoms with E-state index in [4.69, 9.17) is 14.6 Å². The van der Waals surface area contributed by atoms with Gasteiger partial charge in [-0.2, -0.15) is 0 Å². The van der Waals surface area contributed by atoms with Crippen molar-refractivity contribution in [3.05, 3.63) is 0 Å². The van der Waals surface area contributed by atoms with Crippen LogP contribution >= 0.6 is 0 Å². The summed E-state index contributed by atoms with van der Waals surface area (Å²) in [6.45, 7) is 5.34. The van der Waals surface area contributed by atoms with E-state index in [9.17, 15) is 5.11 Å². The van der Waals surface area contributed by atoms with E-state index in [0.29, 0.717) is 39.5 Å². The van der Waals surface area contributed by atoms with Gasteiger partial charge >= 0.3 is 0 Å². The lowest BCUT2D eigenvalue weighted by atomic mass is 10.3. The highest BCUT2D eigenvalue weighted by atomic mass is 16.5. The summed E-state index contributed by atoms with van der Waals surface area (Å²) in [5.74, 6) is 0. The van der Waals surface area contributed by atoms with Crippen LogP contribution in [0.15, 0.2) is 0 Å². The van der Waals surface area contributed by atoms with Crippen molar-refractivity contribution < 1.29 is 19.7 Å². The SMILES string of the molecule is CCCCOCC(O)CNCCOCCO. The Kier molecular flexibility index (Phi) is 12.7. The second-order valence-corrected chi connectivity index (χ2v) is 3.62. The molecule has 0 aromatic heterocycles. The van der Waals surface area contributed by atoms with Gasteiger partial charge in [-0.05, 0) is 6.42 Å². The summed E-state index contributed by atoms with van der Waals surface area (Å²) in [6, 6.07) is 0. The summed E-state index contributed by atoms with van der Waals surface area (Å²) in [7, 11) is 0. The van der Waals surface area contributed by atoms with Gasteiger partial charge in [0.1, 0.15) is 0 Å². The van der Waals surface area contributed by atoms with Crippen LogP contribution in [0, 0.1) is 0 Å². The van der Waals surface area contributed by atoms with Gasteiger partial charge < -0.3 is 25.0 Å². The molecule has 0 rings (SSSR count). The lowest BCUT2D eigenvalue weighted by molar-refractivity contribution is 0.0340. The fraction of sp³-hybridized carbons (Fsp3) is 1.00. The van der Waals surface area contributed by atoms with Crippen LogP contribution in [0.4, 0.5) is 0 Å². The molecular formula is C11H25NO4. The third kappa shape index (κ3) is 11.9. The zero-order chi connectivity index (χ0) is 12.1. The highest BCUT2D eigenvalue weighted by molar-refractivity contribution is 4.57. The van der Waals surface area contributed by atoms with Gasteiger partial charge in [0.05, 0.1) is 32.5 Å². The second-order valence-electron chi connectivity index (χ2n) is 3.62. The molecule has 0 spiro atoms. The summed E-state index contributed by atoms with van der Waals surface area (Å²) >= 11 is 0. The van der Waals surface area contributed by atoms with Gasteiger partial charge in [-0.25, -0.2) is 0 Å². The smallest absolute Gasteiger partial charge is 0.0897 e. The van der Waals surface area contributed by atoms with E-state index in [1.54, 1.807) is 0 Å². The molecule has 1 atom stereocenters. The van der Waals surface area contributed by atoms with Gasteiger partial charge in [0.2, 0.25) is 0 Å². The number of hydrogen-bond donors (Lipinski definition) is 3. The minimum absolute atomic E-state index is 0.0495. The average molecular weight is 235 g/mol. The molecule has 0 radical (unpaired) electrons. The number of ether oxygens (including phenoxy) is 2. The molecule has 0 aliphatic carbocycles. The zero-order valence-electron chi connectivity index (χ0n) is 10.2. The van der Waals surface area contributed by atoms with E-state index >= 15 is 0 Å². The fourth-order valence-electron chi connectivity index (χ4n) is 1.10. The molecule has 0 aromatic carbocycles. The fourth-order valence-corrected chi connectivity index (χ4v) is 1.10. The maximum atomic E-state index is 9.48. The standard InChI is InChI=1S/C11H25NO4/c1-2-3-6-16-10-11(14)9-12-4-7-15-8-5-13/h11-14H,2-10H2,1H3. The van der Waals surface area contributed by atoms with Crippen molar-refractivity contribution >= 4 is 0 Å². The Bertz CT molecular complexity index is 135. The third-order valence-electron chi connectivity index (χ3n) is 1.99. The van der Waals surface area contributed by atoms with Gasteiger partial charge in [0.25, 0.3) is 0 Å². The van der Waals surface area contributed by atoms with Gasteiger partial charge in [0, 0.05) is 19.7 Å². The van der Waals surface area contributed by atoms with Crippen molar-refractivity contribution in [2.24, 2.45) is 0 Å². The van der Waals surface area contributed by atoms with Crippen LogP contribution in [-0.4, -0.2) is 62.4 Å². The Balaban J connectivity index is 3.08. The molecule has 0 aromatic rings. The number of rotatable bonds is 12. The van der Waals surface area contributed by atoms with Crippen LogP contribution in [0.5, 0.6) is 0 Å². The molecule has 5 nitrogen and oxygen atoms in total. The first-order chi connectivity index (χ1) is 7.81. The molecule has 3 N–H and O–H groups in total. The van der Waals surface area contributed by atoms with Gasteiger partial charge in [0.15, 0.2) is 0 Å². The van der Waals surface area contributed by atoms with Gasteiger partial charge in [-0.3, -0.25) is 0 Å². The summed E-state index contributed by atoms with van der Waals surface area (Å²) in [5, 5.41) is 21.0. The molecule has 0 aliphatic rings. The highest BCUT2D eigenvalue weighted by Crippen LogP contribution is 1.90. The van der Waals surface area contributed by atoms with Crippen LogP contribution in [-0.2, 0) is 9.47 Å². The van der Waals surface area contributed by atoms with E-state index in [1.807, 2.05) is 0 Å². The quantitative estimate of drug-likeness (QED) is 0.407. The molecule has 16 heavy (non-hydrogen) atoms. The lowest BCUT2D eigenvalue weighted by Crippen LogP contribution is -2.32. The number of aliphatic hydroxyl groups excluding tert-OH is 2. The van der Waals surface area contributed by atoms with Crippen LogP contribution in [0.2, 0.25) is 0 Å². The van der Waals surface area contributed by atoms with E-state index in [-0.39, 0.29) is 6.61 Å². The molecular weight excluding hydrogens is 210 g/mol. The van der Waals surface area contributed by atoms with Crippen molar-refractivity contribution in [2.45, 2.75) is 25.9 Å². The molecule has 0 saturated carbocycles. The largest absolute Gasteiger partial charge is 0.394 e. The summed E-state index contributed by atoms with van der Waals surface area (Å²) in [6.07, 6.45) is 1.68. The Morgan fingerprint density at radius 3 is 2.69 bits per heavy atom. The Labute approximate surface area is 97.8 Å². The predicted octanol–water partition coefficient (Wildman–Crippen LogP) is -0.237. The molecule has 0 fully saturated rings. The Morgan fingerprint density at radius 1 is 1.19 bits per heavy atom. The van der Waals surface area contributed by atoms with Crippen molar-refractivity contribution in [1.82, 2.24) is 5.32 Å². The molecule has 0 bridgehead atoms. The maximum absolute atomic E-state index is 9.48. The van der Waals surface area contributed by atoms with Crippen molar-refractivity contribution in [2.75, 3.05) is 46.1 Å². The first-order valence-corrected chi connectivity index (χ1v) is 5.96. The zero-order valence-corrected chi connectivity index (χ0v) is 10.2. The topological polar surface area (TPSA) is 71.0 Å². The molecule has 0 saturated heterocycles. The number of hydrogen-bond acceptors (Lipinski definition) is 5. The van der Waals surface area contributed by atoms with Crippen molar-refractivity contribution in [3.8, 4) is 0 Å². The van der Waals surface area contributed by atoms with Crippen molar-refractivity contribution in [1.29, 1.82) is 0 Å². The Hall–Kier alpha value is -0.200. The van der Waals surface area contributed by atoms with E-state index in [0.717, 1.165) is 12.8 Å². The molecule has 0 amide bonds. The van der Waals surface area contributed by atoms with Gasteiger partial charge in [-0.15, -0.1) is 0 Å². The van der Waals surface area contributed by atoms with Crippen LogP contribution in [0.3, 0.4) is 0 Å².